The average Bonchev–Trinajstić information content (AvgIpc) is 2.79. The highest BCUT2D eigenvalue weighted by molar-refractivity contribution is 5.96. The summed E-state index contributed by atoms with van der Waals surface area (Å²) in [6, 6.07) is 16.6. The normalized spacial score (nSPS) is 14.3. The van der Waals surface area contributed by atoms with Gasteiger partial charge < -0.3 is 15.1 Å². The molecule has 1 heterocycles. The monoisotopic (exact) mass is 443 g/mol. The third-order valence-corrected chi connectivity index (χ3v) is 6.04. The second-order valence-electron chi connectivity index (χ2n) is 8.17. The molecule has 31 heavy (non-hydrogen) atoms. The van der Waals surface area contributed by atoms with Gasteiger partial charge in [-0.25, -0.2) is 0 Å². The molecule has 3 rings (SSSR count). The number of hydrogen-bond donors (Lipinski definition) is 1. The molecular formula is C25H34ClN3O2. The molecule has 168 valence electrons. The minimum Gasteiger partial charge on any atom is -0.339 e. The van der Waals surface area contributed by atoms with Crippen LogP contribution in [0.15, 0.2) is 48.5 Å². The van der Waals surface area contributed by atoms with Crippen molar-refractivity contribution in [3.63, 3.8) is 0 Å². The Morgan fingerprint density at radius 1 is 1.10 bits per heavy atom. The largest absolute Gasteiger partial charge is 0.339 e. The first-order chi connectivity index (χ1) is 14.5. The number of rotatable bonds is 7. The molecule has 0 bridgehead atoms. The zero-order valence-electron chi connectivity index (χ0n) is 18.8. The van der Waals surface area contributed by atoms with E-state index in [1.807, 2.05) is 36.9 Å². The van der Waals surface area contributed by atoms with Crippen molar-refractivity contribution in [3.8, 4) is 0 Å². The summed E-state index contributed by atoms with van der Waals surface area (Å²) in [5.41, 5.74) is 3.75. The Labute approximate surface area is 192 Å². The maximum Gasteiger partial charge on any atom is 0.253 e. The fourth-order valence-corrected chi connectivity index (χ4v) is 4.00. The van der Waals surface area contributed by atoms with Crippen molar-refractivity contribution in [2.45, 2.75) is 45.6 Å². The Hall–Kier alpha value is -2.37. The summed E-state index contributed by atoms with van der Waals surface area (Å²) in [5, 5.41) is 2.88. The van der Waals surface area contributed by atoms with Crippen LogP contribution in [0, 0.1) is 6.92 Å². The van der Waals surface area contributed by atoms with Gasteiger partial charge in [0.2, 0.25) is 5.91 Å². The Morgan fingerprint density at radius 3 is 2.39 bits per heavy atom. The highest BCUT2D eigenvalue weighted by atomic mass is 35.5. The molecule has 1 aliphatic heterocycles. The van der Waals surface area contributed by atoms with E-state index in [9.17, 15) is 9.59 Å². The molecule has 1 N–H and O–H groups in total. The lowest BCUT2D eigenvalue weighted by Gasteiger charge is -2.37. The van der Waals surface area contributed by atoms with Crippen LogP contribution in [0.4, 0.5) is 5.69 Å². The van der Waals surface area contributed by atoms with Crippen molar-refractivity contribution in [2.75, 3.05) is 32.0 Å². The highest BCUT2D eigenvalue weighted by Gasteiger charge is 2.26. The third-order valence-electron chi connectivity index (χ3n) is 6.04. The minimum atomic E-state index is -0.0179. The number of nitrogens with zero attached hydrogens (tertiary/aromatic N) is 2. The number of aryl methyl sites for hydroxylation is 1. The lowest BCUT2D eigenvalue weighted by atomic mass is 10.0. The van der Waals surface area contributed by atoms with Crippen LogP contribution in [0.3, 0.4) is 0 Å². The number of hydrogen-bond acceptors (Lipinski definition) is 3. The fourth-order valence-electron chi connectivity index (χ4n) is 4.00. The lowest BCUT2D eigenvalue weighted by Crippen LogP contribution is -2.46. The van der Waals surface area contributed by atoms with Gasteiger partial charge in [-0.1, -0.05) is 37.3 Å². The van der Waals surface area contributed by atoms with Crippen LogP contribution < -0.4 is 5.32 Å². The molecular weight excluding hydrogens is 410 g/mol. The summed E-state index contributed by atoms with van der Waals surface area (Å²) in [4.78, 5) is 29.0. The number of anilines is 1. The zero-order chi connectivity index (χ0) is 21.5. The summed E-state index contributed by atoms with van der Waals surface area (Å²) < 4.78 is 0. The van der Waals surface area contributed by atoms with E-state index in [4.69, 9.17) is 0 Å². The topological polar surface area (TPSA) is 52.7 Å². The van der Waals surface area contributed by atoms with Crippen LogP contribution in [-0.4, -0.2) is 54.3 Å². The smallest absolute Gasteiger partial charge is 0.253 e. The predicted octanol–water partition coefficient (Wildman–Crippen LogP) is 4.54. The second-order valence-corrected chi connectivity index (χ2v) is 8.17. The number of carbonyl (C=O) groups is 2. The summed E-state index contributed by atoms with van der Waals surface area (Å²) >= 11 is 0. The van der Waals surface area contributed by atoms with Gasteiger partial charge in [-0.15, -0.1) is 12.4 Å². The number of likely N-dealkylation sites (tertiary alicyclic amines) is 1. The zero-order valence-corrected chi connectivity index (χ0v) is 19.6. The average molecular weight is 444 g/mol. The molecule has 0 spiro atoms. The molecule has 0 saturated carbocycles. The van der Waals surface area contributed by atoms with Crippen molar-refractivity contribution >= 4 is 29.9 Å². The van der Waals surface area contributed by atoms with Gasteiger partial charge in [0.05, 0.1) is 0 Å². The van der Waals surface area contributed by atoms with Gasteiger partial charge in [-0.05, 0) is 62.6 Å². The molecule has 0 aromatic heterocycles. The molecule has 0 unspecified atom stereocenters. The van der Waals surface area contributed by atoms with Gasteiger partial charge >= 0.3 is 0 Å². The molecule has 2 amide bonds. The highest BCUT2D eigenvalue weighted by Crippen LogP contribution is 2.21. The van der Waals surface area contributed by atoms with Crippen LogP contribution in [0.2, 0.25) is 0 Å². The minimum absolute atomic E-state index is 0. The maximum absolute atomic E-state index is 13.0. The predicted molar refractivity (Wildman–Crippen MR) is 129 cm³/mol. The Bertz CT molecular complexity index is 864. The molecule has 2 aromatic carbocycles. The third kappa shape index (κ3) is 6.81. The number of likely N-dealkylation sites (N-methyl/N-ethyl adjacent to an activating group) is 1. The molecule has 1 fully saturated rings. The Balaban J connectivity index is 0.00000341. The first-order valence-corrected chi connectivity index (χ1v) is 10.9. The molecule has 0 aliphatic carbocycles. The van der Waals surface area contributed by atoms with E-state index in [0.29, 0.717) is 18.0 Å². The van der Waals surface area contributed by atoms with E-state index in [1.165, 1.54) is 5.56 Å². The van der Waals surface area contributed by atoms with Crippen LogP contribution >= 0.6 is 12.4 Å². The van der Waals surface area contributed by atoms with E-state index in [2.05, 4.69) is 47.6 Å². The summed E-state index contributed by atoms with van der Waals surface area (Å²) in [6.45, 7) is 6.35. The summed E-state index contributed by atoms with van der Waals surface area (Å²) in [5.74, 6) is 0.0625. The van der Waals surface area contributed by atoms with Gasteiger partial charge in [-0.3, -0.25) is 9.59 Å². The number of benzene rings is 2. The number of amides is 2. The summed E-state index contributed by atoms with van der Waals surface area (Å²) in [7, 11) is 2.19. The molecule has 1 saturated heterocycles. The van der Waals surface area contributed by atoms with Crippen LogP contribution in [-0.2, 0) is 11.2 Å². The first kappa shape index (κ1) is 24.9. The molecule has 2 aromatic rings. The number of carbonyl (C=O) groups excluding carboxylic acids is 2. The van der Waals surface area contributed by atoms with Crippen molar-refractivity contribution < 1.29 is 9.59 Å². The van der Waals surface area contributed by atoms with Gasteiger partial charge in [0, 0.05) is 43.3 Å². The number of halogens is 1. The standard InChI is InChI=1S/C25H33N3O2.ClH/c1-4-24(29)26-23-11-10-21(18-19(23)2)25(30)28-16-13-22(14-17-28)27(3)15-12-20-8-6-5-7-9-20;/h5-11,18,22H,4,12-17H2,1-3H3,(H,26,29);1H. The van der Waals surface area contributed by atoms with Crippen LogP contribution in [0.25, 0.3) is 0 Å². The van der Waals surface area contributed by atoms with Crippen molar-refractivity contribution in [3.05, 3.63) is 65.2 Å². The van der Waals surface area contributed by atoms with Gasteiger partial charge in [-0.2, -0.15) is 0 Å². The van der Waals surface area contributed by atoms with E-state index in [-0.39, 0.29) is 24.2 Å². The van der Waals surface area contributed by atoms with E-state index >= 15 is 0 Å². The van der Waals surface area contributed by atoms with Crippen molar-refractivity contribution in [1.29, 1.82) is 0 Å². The van der Waals surface area contributed by atoms with Gasteiger partial charge in [0.1, 0.15) is 0 Å². The van der Waals surface area contributed by atoms with Crippen LogP contribution in [0.5, 0.6) is 0 Å². The number of nitrogens with one attached hydrogen (secondary N) is 1. The maximum atomic E-state index is 13.0. The molecule has 5 nitrogen and oxygen atoms in total. The lowest BCUT2D eigenvalue weighted by molar-refractivity contribution is -0.115. The van der Waals surface area contributed by atoms with Crippen molar-refractivity contribution in [2.24, 2.45) is 0 Å². The molecule has 0 radical (unpaired) electrons. The first-order valence-electron chi connectivity index (χ1n) is 10.9. The molecule has 1 aliphatic rings. The fraction of sp³-hybridized carbons (Fsp3) is 0.440. The summed E-state index contributed by atoms with van der Waals surface area (Å²) in [6.07, 6.45) is 3.49. The van der Waals surface area contributed by atoms with E-state index < -0.39 is 0 Å². The molecule has 0 atom stereocenters. The Morgan fingerprint density at radius 2 is 1.77 bits per heavy atom. The van der Waals surface area contributed by atoms with E-state index in [0.717, 1.165) is 50.1 Å². The van der Waals surface area contributed by atoms with E-state index in [1.54, 1.807) is 0 Å². The van der Waals surface area contributed by atoms with Gasteiger partial charge in [0.25, 0.3) is 5.91 Å². The Kier molecular flexibility index (Phi) is 9.53. The quantitative estimate of drug-likeness (QED) is 0.683. The second kappa shape index (κ2) is 11.9. The number of piperidine rings is 1. The van der Waals surface area contributed by atoms with Gasteiger partial charge in [0.15, 0.2) is 0 Å². The molecule has 6 heteroatoms. The SMILES string of the molecule is CCC(=O)Nc1ccc(C(=O)N2CCC(N(C)CCc3ccccc3)CC2)cc1C.Cl. The van der Waals surface area contributed by atoms with Crippen molar-refractivity contribution in [1.82, 2.24) is 9.80 Å². The van der Waals surface area contributed by atoms with Crippen LogP contribution in [0.1, 0.15) is 47.7 Å².